The number of carbonyl (C=O) groups excluding carboxylic acids is 1. The summed E-state index contributed by atoms with van der Waals surface area (Å²) in [4.78, 5) is 39.2. The molecule has 1 atom stereocenters. The molecule has 0 saturated heterocycles. The van der Waals surface area contributed by atoms with Crippen LogP contribution in [0.4, 0.5) is 0 Å². The van der Waals surface area contributed by atoms with Crippen molar-refractivity contribution in [2.24, 2.45) is 5.92 Å². The number of benzene rings is 2. The van der Waals surface area contributed by atoms with Gasteiger partial charge in [0.1, 0.15) is 36.0 Å². The standard InChI is InChI=1S/C28H28N6O2.C25H24N6O2/c1-18(2)7-8-23-15-26(32-28(31-23)21-6-5-10-30-16-21)25-17-34(11-9-29)33-27(25)22-12-19(3)13-24(14-22)36-20(4)35;1-16-10-19(12-21(33)11-16)24-22(15-31(30-24)9-7-26)23-13-20(6-5-17(2)32)28-25(29-23)18-4-3-8-27-14-18/h5-6,10,12-18H,7-8,11H2,1-4H3;3-4,8,10-15,17,32-33H,5-6,9H2,1-2H3/t;17-/m.0/s1. The van der Waals surface area contributed by atoms with Crippen molar-refractivity contribution in [1.29, 1.82) is 10.5 Å². The first-order valence-corrected chi connectivity index (χ1v) is 22.5. The van der Waals surface area contributed by atoms with E-state index in [0.29, 0.717) is 58.9 Å². The SMILES string of the molecule is CC(=O)Oc1cc(C)cc(-c2nn(CC#N)cc2-c2cc(CCC(C)C)nc(-c3cccnc3)n2)c1.Cc1cc(O)cc(-c2nn(CC#N)cc2-c2cc(CC[C@H](C)O)nc(-c3cccnc3)n2)c1. The number of hydrogen-bond acceptors (Lipinski definition) is 14. The van der Waals surface area contributed by atoms with Crippen LogP contribution in [-0.2, 0) is 30.7 Å². The summed E-state index contributed by atoms with van der Waals surface area (Å²) in [5.41, 5.74) is 10.7. The summed E-state index contributed by atoms with van der Waals surface area (Å²) in [5, 5.41) is 47.7. The van der Waals surface area contributed by atoms with Crippen molar-refractivity contribution in [3.05, 3.63) is 132 Å². The third-order valence-electron chi connectivity index (χ3n) is 10.7. The second-order valence-corrected chi connectivity index (χ2v) is 17.1. The average Bonchev–Trinajstić information content (AvgIpc) is 3.95. The summed E-state index contributed by atoms with van der Waals surface area (Å²) >= 11 is 0. The molecule has 348 valence electrons. The second-order valence-electron chi connectivity index (χ2n) is 17.1. The molecule has 2 aromatic carbocycles. The molecule has 2 N–H and O–H groups in total. The van der Waals surface area contributed by atoms with Crippen molar-refractivity contribution >= 4 is 5.97 Å². The molecule has 6 heterocycles. The van der Waals surface area contributed by atoms with Crippen LogP contribution in [0.5, 0.6) is 11.5 Å². The number of esters is 1. The highest BCUT2D eigenvalue weighted by atomic mass is 16.5. The lowest BCUT2D eigenvalue weighted by Gasteiger charge is -2.11. The number of aryl methyl sites for hydroxylation is 4. The Labute approximate surface area is 400 Å². The van der Waals surface area contributed by atoms with E-state index in [4.69, 9.17) is 29.8 Å². The first-order valence-electron chi connectivity index (χ1n) is 22.5. The molecule has 0 spiro atoms. The fourth-order valence-corrected chi connectivity index (χ4v) is 7.53. The molecule has 0 bridgehead atoms. The van der Waals surface area contributed by atoms with Gasteiger partial charge in [-0.2, -0.15) is 20.7 Å². The lowest BCUT2D eigenvalue weighted by atomic mass is 10.0. The molecule has 0 amide bonds. The number of aliphatic hydroxyl groups excluding tert-OH is 1. The number of rotatable bonds is 15. The molecule has 0 aliphatic rings. The minimum atomic E-state index is -0.450. The van der Waals surface area contributed by atoms with Gasteiger partial charge >= 0.3 is 5.97 Å². The predicted molar refractivity (Wildman–Crippen MR) is 261 cm³/mol. The highest BCUT2D eigenvalue weighted by Gasteiger charge is 2.21. The van der Waals surface area contributed by atoms with Crippen LogP contribution in [0.2, 0.25) is 0 Å². The van der Waals surface area contributed by atoms with Gasteiger partial charge in [0.2, 0.25) is 0 Å². The van der Waals surface area contributed by atoms with Crippen molar-refractivity contribution in [2.75, 3.05) is 0 Å². The normalized spacial score (nSPS) is 11.3. The molecule has 8 rings (SSSR count). The Morgan fingerprint density at radius 3 is 1.64 bits per heavy atom. The number of aliphatic hydroxyl groups is 1. The van der Waals surface area contributed by atoms with E-state index in [9.17, 15) is 25.5 Å². The molecule has 0 radical (unpaired) electrons. The van der Waals surface area contributed by atoms with Gasteiger partial charge in [0.05, 0.1) is 29.6 Å². The molecule has 0 aliphatic heterocycles. The minimum Gasteiger partial charge on any atom is -0.508 e. The average molecular weight is 921 g/mol. The quantitative estimate of drug-likeness (QED) is 0.0722. The van der Waals surface area contributed by atoms with Crippen LogP contribution in [-0.4, -0.2) is 71.8 Å². The number of hydrogen-bond donors (Lipinski definition) is 2. The van der Waals surface area contributed by atoms with Gasteiger partial charge in [0.15, 0.2) is 11.6 Å². The van der Waals surface area contributed by atoms with Crippen LogP contribution < -0.4 is 4.74 Å². The Morgan fingerprint density at radius 2 is 1.19 bits per heavy atom. The van der Waals surface area contributed by atoms with Gasteiger partial charge in [-0.3, -0.25) is 24.1 Å². The number of nitrogens with zero attached hydrogens (tertiary/aromatic N) is 12. The summed E-state index contributed by atoms with van der Waals surface area (Å²) in [5.74, 6) is 1.83. The van der Waals surface area contributed by atoms with Crippen LogP contribution >= 0.6 is 0 Å². The maximum absolute atomic E-state index is 11.6. The Kier molecular flexibility index (Phi) is 15.7. The van der Waals surface area contributed by atoms with Crippen LogP contribution in [0.1, 0.15) is 63.1 Å². The summed E-state index contributed by atoms with van der Waals surface area (Å²) in [7, 11) is 0. The van der Waals surface area contributed by atoms with E-state index in [2.05, 4.69) is 41.1 Å². The van der Waals surface area contributed by atoms with E-state index >= 15 is 0 Å². The number of pyridine rings is 2. The lowest BCUT2D eigenvalue weighted by molar-refractivity contribution is -0.131. The zero-order valence-electron chi connectivity index (χ0n) is 39.4. The van der Waals surface area contributed by atoms with Crippen LogP contribution in [0.15, 0.2) is 110 Å². The van der Waals surface area contributed by atoms with Crippen molar-refractivity contribution in [3.8, 4) is 91.4 Å². The van der Waals surface area contributed by atoms with Gasteiger partial charge in [-0.05, 0) is 136 Å². The lowest BCUT2D eigenvalue weighted by Crippen LogP contribution is -2.05. The van der Waals surface area contributed by atoms with E-state index in [0.717, 1.165) is 68.7 Å². The molecule has 0 unspecified atom stereocenters. The zero-order valence-corrected chi connectivity index (χ0v) is 39.4. The minimum absolute atomic E-state index is 0.0836. The molecular weight excluding hydrogens is 869 g/mol. The van der Waals surface area contributed by atoms with E-state index < -0.39 is 12.1 Å². The van der Waals surface area contributed by atoms with E-state index in [-0.39, 0.29) is 18.8 Å². The molecule has 69 heavy (non-hydrogen) atoms. The summed E-state index contributed by atoms with van der Waals surface area (Å²) in [6.07, 6.45) is 13.0. The number of nitriles is 2. The maximum Gasteiger partial charge on any atom is 0.308 e. The second kappa shape index (κ2) is 22.3. The first kappa shape index (κ1) is 48.5. The van der Waals surface area contributed by atoms with Crippen molar-refractivity contribution in [1.82, 2.24) is 49.5 Å². The van der Waals surface area contributed by atoms with Gasteiger partial charge in [-0.15, -0.1) is 0 Å². The number of phenolic OH excluding ortho intramolecular Hbond substituents is 1. The largest absolute Gasteiger partial charge is 0.508 e. The van der Waals surface area contributed by atoms with Gasteiger partial charge in [0.25, 0.3) is 0 Å². The first-order chi connectivity index (χ1) is 33.2. The van der Waals surface area contributed by atoms with Crippen LogP contribution in [0, 0.1) is 42.4 Å². The van der Waals surface area contributed by atoms with Gasteiger partial charge in [0, 0.05) is 88.9 Å². The van der Waals surface area contributed by atoms with Gasteiger partial charge < -0.3 is 14.9 Å². The van der Waals surface area contributed by atoms with Crippen molar-refractivity contribution in [2.45, 2.75) is 86.4 Å². The smallest absolute Gasteiger partial charge is 0.308 e. The van der Waals surface area contributed by atoms with Crippen LogP contribution in [0.3, 0.4) is 0 Å². The topological polar surface area (TPSA) is 227 Å². The molecular formula is C53H52N12O4. The fraction of sp³-hybridized carbons (Fsp3) is 0.264. The summed E-state index contributed by atoms with van der Waals surface area (Å²) in [6, 6.07) is 26.4. The summed E-state index contributed by atoms with van der Waals surface area (Å²) in [6.45, 7) is 11.5. The van der Waals surface area contributed by atoms with E-state index in [1.807, 2.05) is 68.6 Å². The Balaban J connectivity index is 0.000000205. The predicted octanol–water partition coefficient (Wildman–Crippen LogP) is 9.34. The summed E-state index contributed by atoms with van der Waals surface area (Å²) < 4.78 is 8.51. The zero-order chi connectivity index (χ0) is 49.0. The van der Waals surface area contributed by atoms with Gasteiger partial charge in [-0.25, -0.2) is 19.9 Å². The number of phenols is 1. The molecule has 0 saturated carbocycles. The Hall–Kier alpha value is -8.47. The van der Waals surface area contributed by atoms with E-state index in [1.54, 1.807) is 71.5 Å². The Bertz CT molecular complexity index is 3130. The highest BCUT2D eigenvalue weighted by Crippen LogP contribution is 2.36. The van der Waals surface area contributed by atoms with E-state index in [1.165, 1.54) is 6.92 Å². The maximum atomic E-state index is 11.6. The number of aromatic nitrogens is 10. The number of aromatic hydroxyl groups is 1. The van der Waals surface area contributed by atoms with Crippen LogP contribution in [0.25, 0.3) is 67.8 Å². The molecule has 16 heteroatoms. The Morgan fingerprint density at radius 1 is 0.681 bits per heavy atom. The molecule has 0 fully saturated rings. The van der Waals surface area contributed by atoms with Crippen molar-refractivity contribution < 1.29 is 19.7 Å². The fourth-order valence-electron chi connectivity index (χ4n) is 7.53. The molecule has 16 nitrogen and oxygen atoms in total. The molecule has 0 aliphatic carbocycles. The van der Waals surface area contributed by atoms with Crippen molar-refractivity contribution in [3.63, 3.8) is 0 Å². The number of carbonyl (C=O) groups is 1. The van der Waals surface area contributed by atoms with Gasteiger partial charge in [-0.1, -0.05) is 13.8 Å². The monoisotopic (exact) mass is 920 g/mol. The molecule has 8 aromatic rings. The molecule has 6 aromatic heterocycles. The third-order valence-corrected chi connectivity index (χ3v) is 10.7. The number of ether oxygens (including phenoxy) is 1. The third kappa shape index (κ3) is 12.9. The highest BCUT2D eigenvalue weighted by molar-refractivity contribution is 5.82.